The van der Waals surface area contributed by atoms with Crippen molar-refractivity contribution in [3.63, 3.8) is 0 Å². The smallest absolute Gasteiger partial charge is 0.261 e. The molecule has 0 aliphatic carbocycles. The van der Waals surface area contributed by atoms with Crippen LogP contribution >= 0.6 is 0 Å². The van der Waals surface area contributed by atoms with Gasteiger partial charge in [0.1, 0.15) is 5.75 Å². The molecule has 1 amide bonds. The lowest BCUT2D eigenvalue weighted by molar-refractivity contribution is -0.116. The molecule has 0 spiro atoms. The van der Waals surface area contributed by atoms with Crippen molar-refractivity contribution in [1.82, 2.24) is 0 Å². The molecule has 6 nitrogen and oxygen atoms in total. The number of hydrogen-bond donors (Lipinski definition) is 1. The average Bonchev–Trinajstić information content (AvgIpc) is 2.98. The number of rotatable bonds is 4. The molecule has 0 saturated heterocycles. The topological polar surface area (TPSA) is 75.7 Å². The van der Waals surface area contributed by atoms with Crippen LogP contribution in [0.2, 0.25) is 0 Å². The quantitative estimate of drug-likeness (QED) is 0.922. The third-order valence-electron chi connectivity index (χ3n) is 3.98. The van der Waals surface area contributed by atoms with Crippen LogP contribution < -0.4 is 14.4 Å². The van der Waals surface area contributed by atoms with E-state index in [1.807, 2.05) is 0 Å². The number of anilines is 2. The SMILES string of the molecule is COc1ccc(NS(=O)(=O)c2ccc3c(c2)CCN3C(C)=O)cc1. The van der Waals surface area contributed by atoms with Gasteiger partial charge in [0.2, 0.25) is 5.91 Å². The molecule has 0 aromatic heterocycles. The summed E-state index contributed by atoms with van der Waals surface area (Å²) in [4.78, 5) is 13.4. The second-order valence-corrected chi connectivity index (χ2v) is 7.23. The maximum absolute atomic E-state index is 12.5. The minimum atomic E-state index is -3.69. The van der Waals surface area contributed by atoms with Gasteiger partial charge in [0.15, 0.2) is 0 Å². The number of benzene rings is 2. The highest BCUT2D eigenvalue weighted by Gasteiger charge is 2.24. The van der Waals surface area contributed by atoms with Crippen LogP contribution in [0, 0.1) is 0 Å². The van der Waals surface area contributed by atoms with E-state index >= 15 is 0 Å². The van der Waals surface area contributed by atoms with Crippen molar-refractivity contribution in [2.24, 2.45) is 0 Å². The van der Waals surface area contributed by atoms with Crippen LogP contribution in [0.3, 0.4) is 0 Å². The van der Waals surface area contributed by atoms with Gasteiger partial charge >= 0.3 is 0 Å². The molecule has 7 heteroatoms. The van der Waals surface area contributed by atoms with E-state index < -0.39 is 10.0 Å². The molecule has 24 heavy (non-hydrogen) atoms. The van der Waals surface area contributed by atoms with Gasteiger partial charge < -0.3 is 9.64 Å². The highest BCUT2D eigenvalue weighted by Crippen LogP contribution is 2.30. The fourth-order valence-corrected chi connectivity index (χ4v) is 3.85. The zero-order valence-corrected chi connectivity index (χ0v) is 14.3. The Labute approximate surface area is 141 Å². The average molecular weight is 346 g/mol. The number of sulfonamides is 1. The zero-order valence-electron chi connectivity index (χ0n) is 13.4. The van der Waals surface area contributed by atoms with Gasteiger partial charge in [-0.1, -0.05) is 0 Å². The van der Waals surface area contributed by atoms with Crippen LogP contribution in [0.1, 0.15) is 12.5 Å². The molecular formula is C17H18N2O4S. The Morgan fingerprint density at radius 3 is 2.50 bits per heavy atom. The van der Waals surface area contributed by atoms with E-state index in [4.69, 9.17) is 4.74 Å². The van der Waals surface area contributed by atoms with E-state index in [0.29, 0.717) is 24.4 Å². The van der Waals surface area contributed by atoms with Crippen LogP contribution in [-0.2, 0) is 21.2 Å². The lowest BCUT2D eigenvalue weighted by Gasteiger charge is -2.15. The number of fused-ring (bicyclic) bond motifs is 1. The Kier molecular flexibility index (Phi) is 4.19. The van der Waals surface area contributed by atoms with Crippen molar-refractivity contribution < 1.29 is 17.9 Å². The first-order valence-electron chi connectivity index (χ1n) is 7.48. The standard InChI is InChI=1S/C17H18N2O4S/c1-12(20)19-10-9-13-11-16(7-8-17(13)19)24(21,22)18-14-3-5-15(23-2)6-4-14/h3-8,11,18H,9-10H2,1-2H3. The Morgan fingerprint density at radius 2 is 1.88 bits per heavy atom. The second-order valence-electron chi connectivity index (χ2n) is 5.55. The van der Waals surface area contributed by atoms with E-state index in [0.717, 1.165) is 11.3 Å². The predicted molar refractivity (Wildman–Crippen MR) is 92.0 cm³/mol. The van der Waals surface area contributed by atoms with E-state index in [-0.39, 0.29) is 10.8 Å². The molecule has 1 aliphatic heterocycles. The zero-order chi connectivity index (χ0) is 17.3. The highest BCUT2D eigenvalue weighted by molar-refractivity contribution is 7.92. The molecule has 1 aliphatic rings. The van der Waals surface area contributed by atoms with Gasteiger partial charge in [0.25, 0.3) is 10.0 Å². The van der Waals surface area contributed by atoms with E-state index in [1.165, 1.54) is 13.0 Å². The van der Waals surface area contributed by atoms with Gasteiger partial charge in [-0.25, -0.2) is 8.42 Å². The summed E-state index contributed by atoms with van der Waals surface area (Å²) in [5, 5.41) is 0. The van der Waals surface area contributed by atoms with Crippen LogP contribution in [0.4, 0.5) is 11.4 Å². The number of carbonyl (C=O) groups is 1. The molecule has 0 unspecified atom stereocenters. The lowest BCUT2D eigenvalue weighted by Crippen LogP contribution is -2.25. The van der Waals surface area contributed by atoms with Crippen molar-refractivity contribution >= 4 is 27.3 Å². The Morgan fingerprint density at radius 1 is 1.17 bits per heavy atom. The number of hydrogen-bond acceptors (Lipinski definition) is 4. The van der Waals surface area contributed by atoms with Gasteiger partial charge in [-0.3, -0.25) is 9.52 Å². The molecule has 0 saturated carbocycles. The van der Waals surface area contributed by atoms with Gasteiger partial charge in [0.05, 0.1) is 12.0 Å². The molecular weight excluding hydrogens is 328 g/mol. The Hall–Kier alpha value is -2.54. The summed E-state index contributed by atoms with van der Waals surface area (Å²) in [7, 11) is -2.14. The van der Waals surface area contributed by atoms with Crippen molar-refractivity contribution in [3.8, 4) is 5.75 Å². The number of nitrogens with one attached hydrogen (secondary N) is 1. The Balaban J connectivity index is 1.86. The molecule has 0 bridgehead atoms. The van der Waals surface area contributed by atoms with E-state index in [2.05, 4.69) is 4.72 Å². The molecule has 0 fully saturated rings. The van der Waals surface area contributed by atoms with E-state index in [1.54, 1.807) is 48.4 Å². The third-order valence-corrected chi connectivity index (χ3v) is 5.36. The first kappa shape index (κ1) is 16.3. The molecule has 2 aromatic carbocycles. The fraction of sp³-hybridized carbons (Fsp3) is 0.235. The summed E-state index contributed by atoms with van der Waals surface area (Å²) in [6.07, 6.45) is 0.654. The number of carbonyl (C=O) groups excluding carboxylic acids is 1. The fourth-order valence-electron chi connectivity index (χ4n) is 2.75. The summed E-state index contributed by atoms with van der Waals surface area (Å²) in [6, 6.07) is 11.5. The van der Waals surface area contributed by atoms with Crippen LogP contribution in [0.15, 0.2) is 47.4 Å². The summed E-state index contributed by atoms with van der Waals surface area (Å²) in [5.74, 6) is 0.612. The van der Waals surface area contributed by atoms with Gasteiger partial charge in [-0.05, 0) is 54.4 Å². The number of ether oxygens (including phenoxy) is 1. The molecule has 0 atom stereocenters. The van der Waals surface area contributed by atoms with Crippen molar-refractivity contribution in [2.75, 3.05) is 23.3 Å². The minimum absolute atomic E-state index is 0.0410. The molecule has 3 rings (SSSR count). The normalized spacial score (nSPS) is 13.5. The van der Waals surface area contributed by atoms with Gasteiger partial charge in [-0.2, -0.15) is 0 Å². The predicted octanol–water partition coefficient (Wildman–Crippen LogP) is 2.41. The first-order valence-corrected chi connectivity index (χ1v) is 8.97. The number of nitrogens with zero attached hydrogens (tertiary/aromatic N) is 1. The minimum Gasteiger partial charge on any atom is -0.497 e. The third kappa shape index (κ3) is 3.07. The van der Waals surface area contributed by atoms with Crippen molar-refractivity contribution in [2.45, 2.75) is 18.2 Å². The number of amides is 1. The lowest BCUT2D eigenvalue weighted by atomic mass is 10.2. The number of methoxy groups -OCH3 is 1. The maximum Gasteiger partial charge on any atom is 0.261 e. The molecule has 126 valence electrons. The summed E-state index contributed by atoms with van der Waals surface area (Å²) >= 11 is 0. The molecule has 0 radical (unpaired) electrons. The first-order chi connectivity index (χ1) is 11.4. The summed E-state index contributed by atoms with van der Waals surface area (Å²) in [5.41, 5.74) is 2.11. The van der Waals surface area contributed by atoms with Crippen LogP contribution in [0.25, 0.3) is 0 Å². The largest absolute Gasteiger partial charge is 0.497 e. The van der Waals surface area contributed by atoms with Crippen LogP contribution in [0.5, 0.6) is 5.75 Å². The van der Waals surface area contributed by atoms with Gasteiger partial charge in [-0.15, -0.1) is 0 Å². The van der Waals surface area contributed by atoms with Crippen molar-refractivity contribution in [3.05, 3.63) is 48.0 Å². The summed E-state index contributed by atoms with van der Waals surface area (Å²) in [6.45, 7) is 2.09. The monoisotopic (exact) mass is 346 g/mol. The van der Waals surface area contributed by atoms with E-state index in [9.17, 15) is 13.2 Å². The molecule has 1 heterocycles. The molecule has 2 aromatic rings. The highest BCUT2D eigenvalue weighted by atomic mass is 32.2. The van der Waals surface area contributed by atoms with Crippen LogP contribution in [-0.4, -0.2) is 28.0 Å². The summed E-state index contributed by atoms with van der Waals surface area (Å²) < 4.78 is 32.7. The second kappa shape index (κ2) is 6.16. The Bertz CT molecular complexity index is 876. The maximum atomic E-state index is 12.5. The van der Waals surface area contributed by atoms with Gasteiger partial charge in [0, 0.05) is 24.8 Å². The molecule has 1 N–H and O–H groups in total. The van der Waals surface area contributed by atoms with Crippen molar-refractivity contribution in [1.29, 1.82) is 0 Å².